The molecular weight excluding hydrogens is 313 g/mol. The first kappa shape index (κ1) is 16.8. The number of likely N-dealkylation sites (N-methyl/N-ethyl adjacent to an activating group) is 1. The Kier molecular flexibility index (Phi) is 4.54. The number of carbonyl (C=O) groups excluding carboxylic acids is 2. The summed E-state index contributed by atoms with van der Waals surface area (Å²) < 4.78 is 18.4. The fourth-order valence-electron chi connectivity index (χ4n) is 3.56. The molecule has 1 spiro atoms. The number of nitrogens with zero attached hydrogens (tertiary/aromatic N) is 3. The van der Waals surface area contributed by atoms with E-state index in [4.69, 9.17) is 4.74 Å². The number of halogens is 1. The van der Waals surface area contributed by atoms with Crippen LogP contribution in [0.2, 0.25) is 0 Å². The average Bonchev–Trinajstić information content (AvgIpc) is 2.82. The Hall–Kier alpha value is -2.02. The highest BCUT2D eigenvalue weighted by Crippen LogP contribution is 2.43. The van der Waals surface area contributed by atoms with E-state index >= 15 is 0 Å². The van der Waals surface area contributed by atoms with Gasteiger partial charge in [-0.15, -0.1) is 0 Å². The van der Waals surface area contributed by atoms with Gasteiger partial charge < -0.3 is 14.5 Å². The third-order valence-corrected chi connectivity index (χ3v) is 4.85. The Morgan fingerprint density at radius 2 is 2.12 bits per heavy atom. The van der Waals surface area contributed by atoms with Crippen LogP contribution in [0.15, 0.2) is 18.3 Å². The first-order valence-electron chi connectivity index (χ1n) is 8.16. The fraction of sp³-hybridized carbons (Fsp3) is 0.588. The number of hydrogen-bond donors (Lipinski definition) is 0. The van der Waals surface area contributed by atoms with Crippen LogP contribution in [0.4, 0.5) is 4.39 Å². The first-order chi connectivity index (χ1) is 11.4. The molecule has 6 nitrogen and oxygen atoms in total. The van der Waals surface area contributed by atoms with E-state index in [1.54, 1.807) is 4.90 Å². The number of hydrogen-bond acceptors (Lipinski definition) is 5. The molecule has 24 heavy (non-hydrogen) atoms. The minimum atomic E-state index is -0.468. The molecule has 1 unspecified atom stereocenters. The van der Waals surface area contributed by atoms with Gasteiger partial charge in [-0.2, -0.15) is 0 Å². The lowest BCUT2D eigenvalue weighted by atomic mass is 9.76. The quantitative estimate of drug-likeness (QED) is 0.780. The molecule has 3 heterocycles. The van der Waals surface area contributed by atoms with Crippen molar-refractivity contribution in [3.8, 4) is 0 Å². The summed E-state index contributed by atoms with van der Waals surface area (Å²) in [5.74, 6) is -0.827. The van der Waals surface area contributed by atoms with Crippen LogP contribution in [0.25, 0.3) is 0 Å². The molecule has 1 aromatic heterocycles. The number of piperidine rings is 1. The van der Waals surface area contributed by atoms with Gasteiger partial charge in [-0.3, -0.25) is 9.59 Å². The van der Waals surface area contributed by atoms with E-state index in [9.17, 15) is 14.0 Å². The number of likely N-dealkylation sites (tertiary alicyclic amines) is 1. The van der Waals surface area contributed by atoms with Crippen LogP contribution in [0.5, 0.6) is 0 Å². The van der Waals surface area contributed by atoms with Gasteiger partial charge in [0.15, 0.2) is 0 Å². The lowest BCUT2D eigenvalue weighted by Gasteiger charge is -2.36. The van der Waals surface area contributed by atoms with Crippen LogP contribution in [-0.2, 0) is 9.53 Å². The summed E-state index contributed by atoms with van der Waals surface area (Å²) in [6, 6.07) is 2.62. The largest absolute Gasteiger partial charge is 0.461 e. The Labute approximate surface area is 140 Å². The maximum Gasteiger partial charge on any atom is 0.312 e. The second kappa shape index (κ2) is 6.47. The molecule has 130 valence electrons. The predicted molar refractivity (Wildman–Crippen MR) is 84.8 cm³/mol. The van der Waals surface area contributed by atoms with E-state index in [0.29, 0.717) is 32.4 Å². The zero-order chi connectivity index (χ0) is 17.3. The number of rotatable bonds is 3. The summed E-state index contributed by atoms with van der Waals surface area (Å²) in [6.45, 7) is 1.69. The van der Waals surface area contributed by atoms with Crippen LogP contribution in [0.1, 0.15) is 29.8 Å². The number of cyclic esters (lactones) is 1. The van der Waals surface area contributed by atoms with Crippen molar-refractivity contribution in [2.45, 2.75) is 25.4 Å². The van der Waals surface area contributed by atoms with Gasteiger partial charge in [0.05, 0.1) is 11.6 Å². The summed E-state index contributed by atoms with van der Waals surface area (Å²) in [4.78, 5) is 32.3. The number of esters is 1. The van der Waals surface area contributed by atoms with Crippen molar-refractivity contribution in [3.05, 3.63) is 29.8 Å². The van der Waals surface area contributed by atoms with Gasteiger partial charge in [0, 0.05) is 26.1 Å². The SMILES string of the molecule is CN(C)CC1CC2(CCN(C(=O)c3ccc(F)cn3)CC2)C(=O)O1. The van der Waals surface area contributed by atoms with E-state index in [2.05, 4.69) is 4.98 Å². The highest BCUT2D eigenvalue weighted by atomic mass is 19.1. The highest BCUT2D eigenvalue weighted by molar-refractivity contribution is 5.92. The second-order valence-corrected chi connectivity index (χ2v) is 6.93. The number of aromatic nitrogens is 1. The monoisotopic (exact) mass is 335 g/mol. The first-order valence-corrected chi connectivity index (χ1v) is 8.16. The molecule has 0 aliphatic carbocycles. The molecule has 0 radical (unpaired) electrons. The molecule has 0 saturated carbocycles. The van der Waals surface area contributed by atoms with Gasteiger partial charge in [0.1, 0.15) is 17.6 Å². The third-order valence-electron chi connectivity index (χ3n) is 4.85. The standard InChI is InChI=1S/C17H22FN3O3/c1-20(2)11-13-9-17(16(23)24-13)5-7-21(8-6-17)15(22)14-4-3-12(18)10-19-14/h3-4,10,13H,5-9,11H2,1-2H3. The van der Waals surface area contributed by atoms with E-state index in [-0.39, 0.29) is 23.7 Å². The summed E-state index contributed by atoms with van der Waals surface area (Å²) >= 11 is 0. The van der Waals surface area contributed by atoms with Gasteiger partial charge in [-0.05, 0) is 39.1 Å². The van der Waals surface area contributed by atoms with Crippen molar-refractivity contribution < 1.29 is 18.7 Å². The van der Waals surface area contributed by atoms with Crippen molar-refractivity contribution in [1.29, 1.82) is 0 Å². The molecule has 3 rings (SSSR count). The normalized spacial score (nSPS) is 22.9. The predicted octanol–water partition coefficient (Wildman–Crippen LogP) is 1.32. The van der Waals surface area contributed by atoms with Gasteiger partial charge in [-0.1, -0.05) is 0 Å². The van der Waals surface area contributed by atoms with Gasteiger partial charge in [-0.25, -0.2) is 9.37 Å². The van der Waals surface area contributed by atoms with Crippen LogP contribution >= 0.6 is 0 Å². The van der Waals surface area contributed by atoms with Crippen molar-refractivity contribution in [2.24, 2.45) is 5.41 Å². The van der Waals surface area contributed by atoms with E-state index in [1.165, 1.54) is 12.1 Å². The molecule has 0 aromatic carbocycles. The molecule has 2 aliphatic rings. The van der Waals surface area contributed by atoms with Crippen molar-refractivity contribution in [1.82, 2.24) is 14.8 Å². The van der Waals surface area contributed by atoms with Crippen LogP contribution in [-0.4, -0.2) is 66.5 Å². The summed E-state index contributed by atoms with van der Waals surface area (Å²) in [7, 11) is 3.91. The van der Waals surface area contributed by atoms with E-state index in [0.717, 1.165) is 12.7 Å². The van der Waals surface area contributed by atoms with Crippen LogP contribution in [0, 0.1) is 11.2 Å². The summed E-state index contributed by atoms with van der Waals surface area (Å²) in [5, 5.41) is 0. The summed E-state index contributed by atoms with van der Waals surface area (Å²) in [5.41, 5.74) is -0.236. The molecule has 2 saturated heterocycles. The van der Waals surface area contributed by atoms with Gasteiger partial charge in [0.25, 0.3) is 5.91 Å². The Morgan fingerprint density at radius 1 is 1.42 bits per heavy atom. The molecule has 2 aliphatic heterocycles. The van der Waals surface area contributed by atoms with Crippen molar-refractivity contribution in [2.75, 3.05) is 33.7 Å². The fourth-order valence-corrected chi connectivity index (χ4v) is 3.56. The smallest absolute Gasteiger partial charge is 0.312 e. The Bertz CT molecular complexity index is 624. The lowest BCUT2D eigenvalue weighted by molar-refractivity contribution is -0.150. The molecule has 1 atom stereocenters. The molecule has 7 heteroatoms. The number of ether oxygens (including phenoxy) is 1. The van der Waals surface area contributed by atoms with Crippen molar-refractivity contribution in [3.63, 3.8) is 0 Å². The summed E-state index contributed by atoms with van der Waals surface area (Å²) in [6.07, 6.45) is 2.87. The Morgan fingerprint density at radius 3 is 2.71 bits per heavy atom. The van der Waals surface area contributed by atoms with Crippen molar-refractivity contribution >= 4 is 11.9 Å². The molecular formula is C17H22FN3O3. The van der Waals surface area contributed by atoms with E-state index < -0.39 is 11.2 Å². The zero-order valence-electron chi connectivity index (χ0n) is 14.0. The topological polar surface area (TPSA) is 62.7 Å². The zero-order valence-corrected chi connectivity index (χ0v) is 14.0. The van der Waals surface area contributed by atoms with Crippen LogP contribution < -0.4 is 0 Å². The number of amides is 1. The number of pyridine rings is 1. The molecule has 1 amide bonds. The lowest BCUT2D eigenvalue weighted by Crippen LogP contribution is -2.45. The molecule has 1 aromatic rings. The minimum Gasteiger partial charge on any atom is -0.461 e. The Balaban J connectivity index is 1.62. The maximum atomic E-state index is 12.9. The minimum absolute atomic E-state index is 0.0754. The van der Waals surface area contributed by atoms with Crippen LogP contribution in [0.3, 0.4) is 0 Å². The highest BCUT2D eigenvalue weighted by Gasteiger charge is 2.50. The molecule has 0 N–H and O–H groups in total. The molecule has 2 fully saturated rings. The van der Waals surface area contributed by atoms with E-state index in [1.807, 2.05) is 19.0 Å². The maximum absolute atomic E-state index is 12.9. The average molecular weight is 335 g/mol. The third kappa shape index (κ3) is 3.26. The number of carbonyl (C=O) groups is 2. The molecule has 0 bridgehead atoms. The second-order valence-electron chi connectivity index (χ2n) is 6.93. The van der Waals surface area contributed by atoms with Gasteiger partial charge >= 0.3 is 5.97 Å². The van der Waals surface area contributed by atoms with Gasteiger partial charge in [0.2, 0.25) is 0 Å².